The van der Waals surface area contributed by atoms with Gasteiger partial charge in [-0.15, -0.1) is 0 Å². The molecule has 0 saturated carbocycles. The molecule has 1 spiro atoms. The summed E-state index contributed by atoms with van der Waals surface area (Å²) in [6.07, 6.45) is 5.85. The van der Waals surface area contributed by atoms with Crippen LogP contribution < -0.4 is 5.32 Å². The van der Waals surface area contributed by atoms with Crippen molar-refractivity contribution in [1.29, 1.82) is 0 Å². The summed E-state index contributed by atoms with van der Waals surface area (Å²) in [5.41, 5.74) is 2.51. The highest BCUT2D eigenvalue weighted by Gasteiger charge is 2.42. The van der Waals surface area contributed by atoms with Crippen molar-refractivity contribution in [3.63, 3.8) is 0 Å². The monoisotopic (exact) mass is 340 g/mol. The molecule has 25 heavy (non-hydrogen) atoms. The fraction of sp³-hybridized carbons (Fsp3) is 0.474. The van der Waals surface area contributed by atoms with Gasteiger partial charge >= 0.3 is 6.03 Å². The number of amides is 2. The normalized spacial score (nSPS) is 22.6. The van der Waals surface area contributed by atoms with Crippen molar-refractivity contribution in [2.45, 2.75) is 25.9 Å². The molecule has 0 aliphatic carbocycles. The molecule has 1 N–H and O–H groups in total. The van der Waals surface area contributed by atoms with E-state index in [2.05, 4.69) is 22.5 Å². The van der Waals surface area contributed by atoms with E-state index >= 15 is 0 Å². The third-order valence-electron chi connectivity index (χ3n) is 5.35. The van der Waals surface area contributed by atoms with Crippen LogP contribution in [0.1, 0.15) is 24.0 Å². The smallest absolute Gasteiger partial charge is 0.317 e. The molecule has 2 saturated heterocycles. The first kappa shape index (κ1) is 16.1. The molecule has 2 aliphatic rings. The first-order valence-corrected chi connectivity index (χ1v) is 8.89. The fourth-order valence-corrected chi connectivity index (χ4v) is 3.82. The van der Waals surface area contributed by atoms with E-state index in [9.17, 15) is 4.79 Å². The van der Waals surface area contributed by atoms with Gasteiger partial charge in [0.15, 0.2) is 0 Å². The van der Waals surface area contributed by atoms with Gasteiger partial charge in [-0.2, -0.15) is 5.10 Å². The standard InChI is InChI=1S/C19H24N4O2/c24-18(22-10-6-19(14-22)7-11-25-15-19)20-12-16-4-1-2-5-17(16)13-23-9-3-8-21-23/h1-5,8-9H,6-7,10-15H2,(H,20,24)/t19-/m1/s1. The largest absolute Gasteiger partial charge is 0.381 e. The molecule has 4 rings (SSSR count). The summed E-state index contributed by atoms with van der Waals surface area (Å²) in [5, 5.41) is 7.34. The maximum absolute atomic E-state index is 12.5. The number of benzene rings is 1. The Morgan fingerprint density at radius 1 is 1.24 bits per heavy atom. The molecule has 0 unspecified atom stereocenters. The second-order valence-corrected chi connectivity index (χ2v) is 7.11. The third kappa shape index (κ3) is 3.54. The van der Waals surface area contributed by atoms with Gasteiger partial charge in [-0.1, -0.05) is 24.3 Å². The maximum Gasteiger partial charge on any atom is 0.317 e. The number of carbonyl (C=O) groups is 1. The van der Waals surface area contributed by atoms with Crippen LogP contribution in [0.5, 0.6) is 0 Å². The lowest BCUT2D eigenvalue weighted by Crippen LogP contribution is -2.39. The Morgan fingerprint density at radius 3 is 2.88 bits per heavy atom. The Morgan fingerprint density at radius 2 is 2.12 bits per heavy atom. The van der Waals surface area contributed by atoms with Gasteiger partial charge in [-0.25, -0.2) is 4.79 Å². The van der Waals surface area contributed by atoms with Gasteiger partial charge < -0.3 is 15.0 Å². The molecular formula is C19H24N4O2. The zero-order valence-electron chi connectivity index (χ0n) is 14.4. The first-order valence-electron chi connectivity index (χ1n) is 8.89. The predicted molar refractivity (Wildman–Crippen MR) is 94.1 cm³/mol. The number of ether oxygens (including phenoxy) is 1. The van der Waals surface area contributed by atoms with Gasteiger partial charge in [-0.05, 0) is 30.0 Å². The number of nitrogens with zero attached hydrogens (tertiary/aromatic N) is 3. The van der Waals surface area contributed by atoms with Gasteiger partial charge in [0.05, 0.1) is 13.2 Å². The zero-order valence-corrected chi connectivity index (χ0v) is 14.4. The van der Waals surface area contributed by atoms with Crippen LogP contribution >= 0.6 is 0 Å². The minimum absolute atomic E-state index is 0.0256. The summed E-state index contributed by atoms with van der Waals surface area (Å²) in [7, 11) is 0. The molecule has 1 aromatic carbocycles. The summed E-state index contributed by atoms with van der Waals surface area (Å²) in [5.74, 6) is 0. The van der Waals surface area contributed by atoms with Gasteiger partial charge in [0.25, 0.3) is 0 Å². The average molecular weight is 340 g/mol. The van der Waals surface area contributed by atoms with Crippen LogP contribution in [0.15, 0.2) is 42.7 Å². The number of carbonyl (C=O) groups excluding carboxylic acids is 1. The number of rotatable bonds is 4. The Hall–Kier alpha value is -2.34. The number of urea groups is 1. The fourth-order valence-electron chi connectivity index (χ4n) is 3.82. The Kier molecular flexibility index (Phi) is 4.44. The van der Waals surface area contributed by atoms with Crippen molar-refractivity contribution in [1.82, 2.24) is 20.0 Å². The second-order valence-electron chi connectivity index (χ2n) is 7.11. The third-order valence-corrected chi connectivity index (χ3v) is 5.35. The van der Waals surface area contributed by atoms with Crippen LogP contribution in [0.2, 0.25) is 0 Å². The second kappa shape index (κ2) is 6.88. The van der Waals surface area contributed by atoms with E-state index in [4.69, 9.17) is 4.74 Å². The Balaban J connectivity index is 1.36. The molecule has 2 aromatic rings. The summed E-state index contributed by atoms with van der Waals surface area (Å²) in [6, 6.07) is 10.1. The molecule has 6 nitrogen and oxygen atoms in total. The summed E-state index contributed by atoms with van der Waals surface area (Å²) >= 11 is 0. The molecule has 0 radical (unpaired) electrons. The molecule has 6 heteroatoms. The van der Waals surface area contributed by atoms with E-state index < -0.39 is 0 Å². The highest BCUT2D eigenvalue weighted by atomic mass is 16.5. The predicted octanol–water partition coefficient (Wildman–Crippen LogP) is 2.25. The van der Waals surface area contributed by atoms with Crippen molar-refractivity contribution in [3.8, 4) is 0 Å². The number of hydrogen-bond donors (Lipinski definition) is 1. The molecule has 132 valence electrons. The van der Waals surface area contributed by atoms with Gasteiger partial charge in [-0.3, -0.25) is 4.68 Å². The maximum atomic E-state index is 12.5. The van der Waals surface area contributed by atoms with Crippen LogP contribution in [-0.4, -0.2) is 47.0 Å². The van der Waals surface area contributed by atoms with Crippen molar-refractivity contribution in [2.75, 3.05) is 26.3 Å². The molecule has 2 amide bonds. The molecule has 2 aliphatic heterocycles. The molecule has 0 bridgehead atoms. The van der Waals surface area contributed by atoms with E-state index in [0.717, 1.165) is 44.7 Å². The Bertz CT molecular complexity index is 723. The summed E-state index contributed by atoms with van der Waals surface area (Å²) < 4.78 is 7.43. The van der Waals surface area contributed by atoms with E-state index in [1.165, 1.54) is 5.56 Å². The molecule has 3 heterocycles. The minimum atomic E-state index is 0.0256. The summed E-state index contributed by atoms with van der Waals surface area (Å²) in [6.45, 7) is 4.51. The van der Waals surface area contributed by atoms with Gasteiger partial charge in [0, 0.05) is 44.0 Å². The van der Waals surface area contributed by atoms with E-state index in [1.54, 1.807) is 6.20 Å². The molecule has 2 fully saturated rings. The molecule has 1 atom stereocenters. The molecule has 1 aromatic heterocycles. The summed E-state index contributed by atoms with van der Waals surface area (Å²) in [4.78, 5) is 14.5. The first-order chi connectivity index (χ1) is 12.2. The van der Waals surface area contributed by atoms with Crippen LogP contribution in [0.25, 0.3) is 0 Å². The number of nitrogens with one attached hydrogen (secondary N) is 1. The van der Waals surface area contributed by atoms with Crippen molar-refractivity contribution >= 4 is 6.03 Å². The quantitative estimate of drug-likeness (QED) is 0.929. The highest BCUT2D eigenvalue weighted by molar-refractivity contribution is 5.74. The zero-order chi connectivity index (χ0) is 17.1. The van der Waals surface area contributed by atoms with Crippen LogP contribution in [-0.2, 0) is 17.8 Å². The van der Waals surface area contributed by atoms with E-state index in [1.807, 2.05) is 34.0 Å². The minimum Gasteiger partial charge on any atom is -0.381 e. The van der Waals surface area contributed by atoms with Crippen molar-refractivity contribution in [3.05, 3.63) is 53.9 Å². The van der Waals surface area contributed by atoms with Crippen LogP contribution in [0, 0.1) is 5.41 Å². The van der Waals surface area contributed by atoms with Crippen LogP contribution in [0.4, 0.5) is 4.79 Å². The lowest BCUT2D eigenvalue weighted by Gasteiger charge is -2.22. The van der Waals surface area contributed by atoms with Gasteiger partial charge in [0.2, 0.25) is 0 Å². The van der Waals surface area contributed by atoms with E-state index in [0.29, 0.717) is 13.1 Å². The number of likely N-dealkylation sites (tertiary alicyclic amines) is 1. The van der Waals surface area contributed by atoms with Crippen molar-refractivity contribution in [2.24, 2.45) is 5.41 Å². The molecular weight excluding hydrogens is 316 g/mol. The number of aromatic nitrogens is 2. The van der Waals surface area contributed by atoms with Crippen molar-refractivity contribution < 1.29 is 9.53 Å². The topological polar surface area (TPSA) is 59.4 Å². The van der Waals surface area contributed by atoms with E-state index in [-0.39, 0.29) is 11.4 Å². The highest BCUT2D eigenvalue weighted by Crippen LogP contribution is 2.38. The Labute approximate surface area is 147 Å². The lowest BCUT2D eigenvalue weighted by molar-refractivity contribution is 0.152. The number of hydrogen-bond acceptors (Lipinski definition) is 3. The SMILES string of the molecule is O=C(NCc1ccccc1Cn1cccn1)N1CC[C@@]2(CCOC2)C1. The average Bonchev–Trinajstić information content (AvgIpc) is 3.38. The van der Waals surface area contributed by atoms with Gasteiger partial charge in [0.1, 0.15) is 0 Å². The lowest BCUT2D eigenvalue weighted by atomic mass is 9.87. The van der Waals surface area contributed by atoms with Crippen LogP contribution in [0.3, 0.4) is 0 Å².